The Kier molecular flexibility index (Phi) is 7.85. The summed E-state index contributed by atoms with van der Waals surface area (Å²) in [7, 11) is 0. The summed E-state index contributed by atoms with van der Waals surface area (Å²) in [5, 5.41) is 17.6. The standard InChI is InChI=1S/C22H26N6O2S.HI/c1-5-20-26-27-21(28(20)10-1)15-24-22(23-9-8-17-4-2-13-31-17)25-16-6-7-18-19(14-16)30-12-3-11-29-18;/h2,4,6-7,13-14H,1,3,5,8-12,15H2,(H2,23,24,25);1H. The molecular formula is C22H27IN6O2S. The first-order valence-electron chi connectivity index (χ1n) is 10.7. The Hall–Kier alpha value is -2.34. The van der Waals surface area contributed by atoms with Crippen molar-refractivity contribution in [3.8, 4) is 11.5 Å². The van der Waals surface area contributed by atoms with E-state index < -0.39 is 0 Å². The molecule has 5 rings (SSSR count). The second-order valence-corrected chi connectivity index (χ2v) is 8.58. The van der Waals surface area contributed by atoms with E-state index in [9.17, 15) is 0 Å². The van der Waals surface area contributed by atoms with Crippen molar-refractivity contribution < 1.29 is 9.47 Å². The highest BCUT2D eigenvalue weighted by molar-refractivity contribution is 14.0. The third kappa shape index (κ3) is 5.52. The number of fused-ring (bicyclic) bond motifs is 2. The van der Waals surface area contributed by atoms with Crippen molar-refractivity contribution in [3.05, 3.63) is 52.2 Å². The fraction of sp³-hybridized carbons (Fsp3) is 0.409. The summed E-state index contributed by atoms with van der Waals surface area (Å²) in [5.74, 6) is 4.22. The molecule has 0 spiro atoms. The third-order valence-electron chi connectivity index (χ3n) is 5.32. The van der Waals surface area contributed by atoms with Gasteiger partial charge in [0.2, 0.25) is 0 Å². The number of halogens is 1. The molecule has 3 aromatic rings. The minimum absolute atomic E-state index is 0. The van der Waals surface area contributed by atoms with Crippen LogP contribution in [0.25, 0.3) is 0 Å². The molecule has 170 valence electrons. The second kappa shape index (κ2) is 11.0. The number of rotatable bonds is 6. The highest BCUT2D eigenvalue weighted by Crippen LogP contribution is 2.32. The number of ether oxygens (including phenoxy) is 2. The number of nitrogens with zero attached hydrogens (tertiary/aromatic N) is 4. The van der Waals surface area contributed by atoms with Crippen molar-refractivity contribution in [2.45, 2.75) is 38.8 Å². The Morgan fingerprint density at radius 1 is 1.12 bits per heavy atom. The highest BCUT2D eigenvalue weighted by Gasteiger charge is 2.17. The van der Waals surface area contributed by atoms with Crippen LogP contribution in [0.1, 0.15) is 29.4 Å². The summed E-state index contributed by atoms with van der Waals surface area (Å²) in [6.07, 6.45) is 3.96. The summed E-state index contributed by atoms with van der Waals surface area (Å²) >= 11 is 1.77. The maximum atomic E-state index is 5.82. The minimum atomic E-state index is 0. The third-order valence-corrected chi connectivity index (χ3v) is 6.26. The largest absolute Gasteiger partial charge is 0.490 e. The first-order valence-corrected chi connectivity index (χ1v) is 11.6. The SMILES string of the molecule is I.c1csc(CCNC(=NCc2nnc3n2CCC3)Nc2ccc3c(c2)OCCCO3)c1. The van der Waals surface area contributed by atoms with Gasteiger partial charge in [0.1, 0.15) is 12.4 Å². The normalized spacial score (nSPS) is 14.9. The number of benzene rings is 1. The Morgan fingerprint density at radius 2 is 2.03 bits per heavy atom. The predicted octanol–water partition coefficient (Wildman–Crippen LogP) is 3.87. The molecular weight excluding hydrogens is 539 g/mol. The van der Waals surface area contributed by atoms with Crippen LogP contribution in [0.5, 0.6) is 11.5 Å². The van der Waals surface area contributed by atoms with Crippen LogP contribution in [0, 0.1) is 0 Å². The van der Waals surface area contributed by atoms with Crippen LogP contribution in [0.15, 0.2) is 40.7 Å². The van der Waals surface area contributed by atoms with Crippen molar-refractivity contribution in [2.75, 3.05) is 25.1 Å². The lowest BCUT2D eigenvalue weighted by atomic mass is 10.2. The monoisotopic (exact) mass is 566 g/mol. The Morgan fingerprint density at radius 3 is 2.91 bits per heavy atom. The van der Waals surface area contributed by atoms with E-state index in [4.69, 9.17) is 14.5 Å². The quantitative estimate of drug-likeness (QED) is 0.268. The first kappa shape index (κ1) is 22.8. The van der Waals surface area contributed by atoms with Crippen molar-refractivity contribution in [1.82, 2.24) is 20.1 Å². The average Bonchev–Trinajstić information content (AvgIpc) is 3.49. The molecule has 1 aromatic carbocycles. The minimum Gasteiger partial charge on any atom is -0.490 e. The molecule has 8 nitrogen and oxygen atoms in total. The molecule has 0 radical (unpaired) electrons. The number of guanidine groups is 1. The molecule has 0 aliphatic carbocycles. The van der Waals surface area contributed by atoms with Gasteiger partial charge < -0.3 is 24.7 Å². The van der Waals surface area contributed by atoms with Gasteiger partial charge in [-0.3, -0.25) is 0 Å². The molecule has 10 heteroatoms. The lowest BCUT2D eigenvalue weighted by Gasteiger charge is -2.14. The lowest BCUT2D eigenvalue weighted by Crippen LogP contribution is -2.32. The zero-order chi connectivity index (χ0) is 20.9. The zero-order valence-corrected chi connectivity index (χ0v) is 20.9. The van der Waals surface area contributed by atoms with Crippen molar-refractivity contribution >= 4 is 47.0 Å². The van der Waals surface area contributed by atoms with E-state index in [1.54, 1.807) is 11.3 Å². The maximum Gasteiger partial charge on any atom is 0.196 e. The summed E-state index contributed by atoms with van der Waals surface area (Å²) in [6.45, 7) is 3.58. The molecule has 2 aromatic heterocycles. The zero-order valence-electron chi connectivity index (χ0n) is 17.7. The number of thiophene rings is 1. The number of aryl methyl sites for hydroxylation is 1. The summed E-state index contributed by atoms with van der Waals surface area (Å²) < 4.78 is 13.7. The first-order chi connectivity index (χ1) is 15.3. The van der Waals surface area contributed by atoms with Gasteiger partial charge in [-0.25, -0.2) is 4.99 Å². The summed E-state index contributed by atoms with van der Waals surface area (Å²) in [5.41, 5.74) is 0.901. The van der Waals surface area contributed by atoms with Crippen LogP contribution < -0.4 is 20.1 Å². The Labute approximate surface area is 208 Å². The molecule has 0 saturated carbocycles. The van der Waals surface area contributed by atoms with E-state index in [1.165, 1.54) is 4.88 Å². The van der Waals surface area contributed by atoms with Crippen LogP contribution in [0.2, 0.25) is 0 Å². The van der Waals surface area contributed by atoms with Crippen LogP contribution in [-0.2, 0) is 25.9 Å². The average molecular weight is 566 g/mol. The number of hydrogen-bond acceptors (Lipinski definition) is 6. The molecule has 2 aliphatic rings. The molecule has 4 heterocycles. The van der Waals surface area contributed by atoms with Gasteiger partial charge in [-0.15, -0.1) is 45.5 Å². The van der Waals surface area contributed by atoms with Crippen LogP contribution in [0.3, 0.4) is 0 Å². The number of aliphatic imine (C=N–C) groups is 1. The molecule has 0 fully saturated rings. The van der Waals surface area contributed by atoms with E-state index in [2.05, 4.69) is 42.9 Å². The van der Waals surface area contributed by atoms with Crippen LogP contribution in [-0.4, -0.2) is 40.5 Å². The van der Waals surface area contributed by atoms with Gasteiger partial charge in [-0.05, 0) is 36.4 Å². The maximum absolute atomic E-state index is 5.82. The van der Waals surface area contributed by atoms with Crippen molar-refractivity contribution in [1.29, 1.82) is 0 Å². The smallest absolute Gasteiger partial charge is 0.196 e. The van der Waals surface area contributed by atoms with Gasteiger partial charge >= 0.3 is 0 Å². The molecule has 2 N–H and O–H groups in total. The number of aromatic nitrogens is 3. The fourth-order valence-corrected chi connectivity index (χ4v) is 4.46. The fourth-order valence-electron chi connectivity index (χ4n) is 3.75. The molecule has 0 unspecified atom stereocenters. The number of nitrogens with one attached hydrogen (secondary N) is 2. The van der Waals surface area contributed by atoms with Gasteiger partial charge in [-0.1, -0.05) is 6.07 Å². The predicted molar refractivity (Wildman–Crippen MR) is 137 cm³/mol. The van der Waals surface area contributed by atoms with Gasteiger partial charge in [0, 0.05) is 42.6 Å². The molecule has 0 amide bonds. The van der Waals surface area contributed by atoms with E-state index in [0.29, 0.717) is 25.7 Å². The molecule has 0 atom stereocenters. The Balaban J connectivity index is 0.00000245. The summed E-state index contributed by atoms with van der Waals surface area (Å²) in [4.78, 5) is 6.14. The van der Waals surface area contributed by atoms with Gasteiger partial charge in [-0.2, -0.15) is 0 Å². The van der Waals surface area contributed by atoms with Gasteiger partial charge in [0.15, 0.2) is 23.3 Å². The molecule has 0 saturated heterocycles. The highest BCUT2D eigenvalue weighted by atomic mass is 127. The molecule has 32 heavy (non-hydrogen) atoms. The number of anilines is 1. The second-order valence-electron chi connectivity index (χ2n) is 7.55. The number of hydrogen-bond donors (Lipinski definition) is 2. The van der Waals surface area contributed by atoms with Gasteiger partial charge in [0.05, 0.1) is 13.2 Å². The lowest BCUT2D eigenvalue weighted by molar-refractivity contribution is 0.297. The van der Waals surface area contributed by atoms with E-state index in [0.717, 1.165) is 67.6 Å². The van der Waals surface area contributed by atoms with Gasteiger partial charge in [0.25, 0.3) is 0 Å². The van der Waals surface area contributed by atoms with Crippen LogP contribution >= 0.6 is 35.3 Å². The molecule has 0 bridgehead atoms. The van der Waals surface area contributed by atoms with E-state index >= 15 is 0 Å². The van der Waals surface area contributed by atoms with Crippen molar-refractivity contribution in [3.63, 3.8) is 0 Å². The molecule has 2 aliphatic heterocycles. The van der Waals surface area contributed by atoms with Crippen LogP contribution in [0.4, 0.5) is 5.69 Å². The van der Waals surface area contributed by atoms with Crippen molar-refractivity contribution in [2.24, 2.45) is 4.99 Å². The summed E-state index contributed by atoms with van der Waals surface area (Å²) in [6, 6.07) is 10.1. The Bertz CT molecular complexity index is 1050. The topological polar surface area (TPSA) is 85.6 Å². The van der Waals surface area contributed by atoms with E-state index in [-0.39, 0.29) is 24.0 Å². The van der Waals surface area contributed by atoms with E-state index in [1.807, 2.05) is 18.2 Å².